The molecule has 0 bridgehead atoms. The maximum absolute atomic E-state index is 10.9. The molecule has 0 aliphatic carbocycles. The fourth-order valence-electron chi connectivity index (χ4n) is 1.60. The number of carboxylic acids is 1. The molecule has 0 amide bonds. The highest BCUT2D eigenvalue weighted by atomic mass is 127. The number of hydrogen-bond acceptors (Lipinski definition) is 3. The van der Waals surface area contributed by atoms with Gasteiger partial charge in [0.1, 0.15) is 5.54 Å². The predicted molar refractivity (Wildman–Crippen MR) is 52.3 cm³/mol. The van der Waals surface area contributed by atoms with Crippen molar-refractivity contribution in [2.24, 2.45) is 0 Å². The zero-order valence-electron chi connectivity index (χ0n) is 6.66. The number of hydrogen-bond donors (Lipinski definition) is 2. The fraction of sp³-hybridized carbons (Fsp3) is 0.857. The lowest BCUT2D eigenvalue weighted by atomic mass is 9.98. The normalized spacial score (nSPS) is 30.8. The van der Waals surface area contributed by atoms with Gasteiger partial charge < -0.3 is 10.2 Å². The number of carboxylic acid groups (broad SMARTS) is 1. The van der Waals surface area contributed by atoms with Crippen LogP contribution in [0.15, 0.2) is 0 Å². The average Bonchev–Trinajstić information content (AvgIpc) is 2.47. The first-order valence-corrected chi connectivity index (χ1v) is 5.35. The Morgan fingerprint density at radius 1 is 1.67 bits per heavy atom. The second-order valence-electron chi connectivity index (χ2n) is 2.98. The first-order valence-electron chi connectivity index (χ1n) is 3.82. The van der Waals surface area contributed by atoms with E-state index in [0.29, 0.717) is 11.0 Å². The van der Waals surface area contributed by atoms with Gasteiger partial charge in [-0.05, 0) is 12.8 Å². The van der Waals surface area contributed by atoms with E-state index in [0.717, 1.165) is 13.0 Å². The fourth-order valence-corrected chi connectivity index (χ4v) is 2.59. The number of alkyl halides is 1. The Kier molecular flexibility index (Phi) is 3.30. The van der Waals surface area contributed by atoms with Crippen LogP contribution in [0.5, 0.6) is 0 Å². The molecule has 1 aliphatic heterocycles. The second kappa shape index (κ2) is 3.89. The highest BCUT2D eigenvalue weighted by Crippen LogP contribution is 2.29. The first-order chi connectivity index (χ1) is 5.67. The second-order valence-corrected chi connectivity index (χ2v) is 3.66. The summed E-state index contributed by atoms with van der Waals surface area (Å²) in [6.45, 7) is 0.487. The Balaban J connectivity index is 2.83. The van der Waals surface area contributed by atoms with Gasteiger partial charge in [-0.3, -0.25) is 9.69 Å². The molecule has 1 aliphatic rings. The van der Waals surface area contributed by atoms with Gasteiger partial charge in [-0.1, -0.05) is 22.6 Å². The smallest absolute Gasteiger partial charge is 0.326 e. The predicted octanol–water partition coefficient (Wildman–Crippen LogP) is 0.290. The average molecular weight is 285 g/mol. The number of nitrogens with zero attached hydrogens (tertiary/aromatic N) is 1. The van der Waals surface area contributed by atoms with Gasteiger partial charge in [-0.15, -0.1) is 0 Å². The molecule has 4 nitrogen and oxygen atoms in total. The van der Waals surface area contributed by atoms with Gasteiger partial charge in [-0.25, -0.2) is 0 Å². The molecule has 1 heterocycles. The molecular formula is C7H12INO3. The molecule has 5 heteroatoms. The molecule has 0 saturated carbocycles. The third-order valence-corrected chi connectivity index (χ3v) is 3.25. The van der Waals surface area contributed by atoms with Crippen molar-refractivity contribution in [1.29, 1.82) is 0 Å². The molecule has 0 spiro atoms. The topological polar surface area (TPSA) is 60.8 Å². The van der Waals surface area contributed by atoms with Gasteiger partial charge in [0.15, 0.2) is 0 Å². The molecule has 0 aromatic carbocycles. The van der Waals surface area contributed by atoms with Crippen molar-refractivity contribution < 1.29 is 15.0 Å². The lowest BCUT2D eigenvalue weighted by molar-refractivity contribution is -0.151. The summed E-state index contributed by atoms with van der Waals surface area (Å²) in [6, 6.07) is 0. The maximum Gasteiger partial charge on any atom is 0.326 e. The molecule has 1 fully saturated rings. The molecule has 70 valence electrons. The summed E-state index contributed by atoms with van der Waals surface area (Å²) >= 11 is 2.12. The van der Waals surface area contributed by atoms with Crippen LogP contribution in [0.4, 0.5) is 0 Å². The number of likely N-dealkylation sites (tertiary alicyclic amines) is 1. The molecule has 0 aromatic heterocycles. The Hall–Kier alpha value is 0.120. The number of aliphatic hydroxyl groups is 1. The Bertz CT molecular complexity index is 187. The minimum absolute atomic E-state index is 0.286. The van der Waals surface area contributed by atoms with Crippen LogP contribution in [-0.2, 0) is 4.79 Å². The van der Waals surface area contributed by atoms with Crippen molar-refractivity contribution in [3.63, 3.8) is 0 Å². The summed E-state index contributed by atoms with van der Waals surface area (Å²) < 4.78 is 0.657. The highest BCUT2D eigenvalue weighted by molar-refractivity contribution is 14.1. The summed E-state index contributed by atoms with van der Waals surface area (Å²) in [5, 5.41) is 18.0. The van der Waals surface area contributed by atoms with E-state index in [4.69, 9.17) is 10.2 Å². The van der Waals surface area contributed by atoms with E-state index in [9.17, 15) is 4.79 Å². The van der Waals surface area contributed by atoms with E-state index in [1.54, 1.807) is 0 Å². The molecule has 1 rings (SSSR count). The SMILES string of the molecule is O=C(O)C1(CO)CCCN1CI. The van der Waals surface area contributed by atoms with Crippen molar-refractivity contribution in [1.82, 2.24) is 4.90 Å². The highest BCUT2D eigenvalue weighted by Gasteiger charge is 2.46. The van der Waals surface area contributed by atoms with Gasteiger partial charge in [0.05, 0.1) is 11.2 Å². The summed E-state index contributed by atoms with van der Waals surface area (Å²) in [5.41, 5.74) is -0.999. The lowest BCUT2D eigenvalue weighted by Gasteiger charge is -2.31. The summed E-state index contributed by atoms with van der Waals surface area (Å²) in [7, 11) is 0. The van der Waals surface area contributed by atoms with Crippen molar-refractivity contribution in [3.05, 3.63) is 0 Å². The van der Waals surface area contributed by atoms with Crippen molar-refractivity contribution in [3.8, 4) is 0 Å². The minimum Gasteiger partial charge on any atom is -0.480 e. The monoisotopic (exact) mass is 285 g/mol. The van der Waals surface area contributed by atoms with Crippen LogP contribution in [0.2, 0.25) is 0 Å². The lowest BCUT2D eigenvalue weighted by Crippen LogP contribution is -2.52. The maximum atomic E-state index is 10.9. The van der Waals surface area contributed by atoms with E-state index in [-0.39, 0.29) is 6.61 Å². The van der Waals surface area contributed by atoms with E-state index >= 15 is 0 Å². The zero-order valence-corrected chi connectivity index (χ0v) is 8.82. The standard InChI is InChI=1S/C7H12INO3/c8-5-9-3-1-2-7(9,4-10)6(11)12/h10H,1-5H2,(H,11,12). The van der Waals surface area contributed by atoms with Crippen LogP contribution in [0, 0.1) is 0 Å². The van der Waals surface area contributed by atoms with Crippen LogP contribution in [0.3, 0.4) is 0 Å². The summed E-state index contributed by atoms with van der Waals surface area (Å²) in [6.07, 6.45) is 1.41. The van der Waals surface area contributed by atoms with E-state index in [1.165, 1.54) is 0 Å². The van der Waals surface area contributed by atoms with Gasteiger partial charge in [0.25, 0.3) is 0 Å². The number of halogens is 1. The van der Waals surface area contributed by atoms with Crippen molar-refractivity contribution in [2.75, 3.05) is 17.7 Å². The molecule has 1 saturated heterocycles. The van der Waals surface area contributed by atoms with Crippen LogP contribution in [-0.4, -0.2) is 44.3 Å². The number of carbonyl (C=O) groups is 1. The zero-order chi connectivity index (χ0) is 9.19. The quantitative estimate of drug-likeness (QED) is 0.444. The van der Waals surface area contributed by atoms with Crippen LogP contribution >= 0.6 is 22.6 Å². The van der Waals surface area contributed by atoms with Gasteiger partial charge in [0.2, 0.25) is 0 Å². The number of rotatable bonds is 3. The molecule has 1 unspecified atom stereocenters. The summed E-state index contributed by atoms with van der Waals surface area (Å²) in [4.78, 5) is 12.7. The van der Waals surface area contributed by atoms with E-state index in [1.807, 2.05) is 4.90 Å². The molecule has 1 atom stereocenters. The van der Waals surface area contributed by atoms with Gasteiger partial charge in [-0.2, -0.15) is 0 Å². The third kappa shape index (κ3) is 1.45. The molecular weight excluding hydrogens is 273 g/mol. The summed E-state index contributed by atoms with van der Waals surface area (Å²) in [5.74, 6) is -0.904. The van der Waals surface area contributed by atoms with Gasteiger partial charge >= 0.3 is 5.97 Å². The van der Waals surface area contributed by atoms with E-state index in [2.05, 4.69) is 22.6 Å². The largest absolute Gasteiger partial charge is 0.480 e. The van der Waals surface area contributed by atoms with Crippen LogP contribution in [0.25, 0.3) is 0 Å². The molecule has 0 aromatic rings. The molecule has 2 N–H and O–H groups in total. The van der Waals surface area contributed by atoms with Gasteiger partial charge in [0, 0.05) is 6.54 Å². The van der Waals surface area contributed by atoms with E-state index < -0.39 is 11.5 Å². The Morgan fingerprint density at radius 2 is 2.33 bits per heavy atom. The first kappa shape index (κ1) is 10.2. The Morgan fingerprint density at radius 3 is 2.67 bits per heavy atom. The van der Waals surface area contributed by atoms with Crippen LogP contribution < -0.4 is 0 Å². The Labute approximate surface area is 84.7 Å². The number of aliphatic carboxylic acids is 1. The minimum atomic E-state index is -0.999. The molecule has 12 heavy (non-hydrogen) atoms. The van der Waals surface area contributed by atoms with Crippen LogP contribution in [0.1, 0.15) is 12.8 Å². The van der Waals surface area contributed by atoms with Crippen molar-refractivity contribution >= 4 is 28.6 Å². The molecule has 0 radical (unpaired) electrons. The third-order valence-electron chi connectivity index (χ3n) is 2.43. The van der Waals surface area contributed by atoms with Crippen molar-refractivity contribution in [2.45, 2.75) is 18.4 Å². The number of aliphatic hydroxyl groups excluding tert-OH is 1.